The molecule has 0 aromatic heterocycles. The highest BCUT2D eigenvalue weighted by molar-refractivity contribution is 5.71. The molecule has 0 aliphatic carbocycles. The highest BCUT2D eigenvalue weighted by atomic mass is 16.6. The molecule has 0 fully saturated rings. The topological polar surface area (TPSA) is 78.9 Å². The van der Waals surface area contributed by atoms with Gasteiger partial charge in [0.1, 0.15) is 13.2 Å². The van der Waals surface area contributed by atoms with Crippen molar-refractivity contribution < 1.29 is 28.6 Å². The molecule has 0 heterocycles. The lowest BCUT2D eigenvalue weighted by molar-refractivity contribution is -0.166. The lowest BCUT2D eigenvalue weighted by Crippen LogP contribution is -2.30. The quantitative estimate of drug-likeness (QED) is 0.0261. The van der Waals surface area contributed by atoms with Gasteiger partial charge < -0.3 is 14.2 Å². The molecule has 0 aliphatic rings. The van der Waals surface area contributed by atoms with E-state index >= 15 is 0 Å². The summed E-state index contributed by atoms with van der Waals surface area (Å²) in [5.41, 5.74) is 0. The summed E-state index contributed by atoms with van der Waals surface area (Å²) < 4.78 is 16.9. The second-order valence-corrected chi connectivity index (χ2v) is 23.1. The number of rotatable bonds is 63. The van der Waals surface area contributed by atoms with E-state index in [0.717, 1.165) is 77.0 Å². The Morgan fingerprint density at radius 2 is 0.494 bits per heavy atom. The van der Waals surface area contributed by atoms with Gasteiger partial charge in [-0.2, -0.15) is 0 Å². The second kappa shape index (κ2) is 67.4. The molecule has 458 valence electrons. The van der Waals surface area contributed by atoms with Crippen LogP contribution in [0, 0.1) is 0 Å². The molecule has 0 aromatic carbocycles. The first-order chi connectivity index (χ1) is 39.0. The van der Waals surface area contributed by atoms with Crippen molar-refractivity contribution in [1.82, 2.24) is 0 Å². The van der Waals surface area contributed by atoms with Gasteiger partial charge in [-0.25, -0.2) is 0 Å². The van der Waals surface area contributed by atoms with Crippen LogP contribution in [0.4, 0.5) is 0 Å². The van der Waals surface area contributed by atoms with Gasteiger partial charge >= 0.3 is 17.9 Å². The summed E-state index contributed by atoms with van der Waals surface area (Å²) in [5.74, 6) is -0.963. The Morgan fingerprint density at radius 3 is 0.747 bits per heavy atom. The van der Waals surface area contributed by atoms with E-state index in [0.29, 0.717) is 19.3 Å². The van der Waals surface area contributed by atoms with Crippen molar-refractivity contribution in [2.45, 2.75) is 361 Å². The molecule has 79 heavy (non-hydrogen) atoms. The number of ether oxygens (including phenoxy) is 3. The Labute approximate surface area is 491 Å². The number of hydrogen-bond acceptors (Lipinski definition) is 6. The van der Waals surface area contributed by atoms with E-state index in [1.165, 1.54) is 231 Å². The molecule has 1 unspecified atom stereocenters. The largest absolute Gasteiger partial charge is 0.462 e. The Bertz CT molecular complexity index is 1450. The monoisotopic (exact) mass is 1100 g/mol. The number of esters is 3. The minimum atomic E-state index is -0.815. The third-order valence-electron chi connectivity index (χ3n) is 15.2. The van der Waals surface area contributed by atoms with Crippen LogP contribution in [0.25, 0.3) is 0 Å². The Hall–Kier alpha value is -3.15. The predicted octanol–water partition coefficient (Wildman–Crippen LogP) is 23.7. The standard InChI is InChI=1S/C73H130O6/c1-4-7-10-13-16-19-22-25-28-31-34-35-36-37-38-40-42-45-48-51-54-57-60-63-66-72(75)78-69-70(68-77-71(74)65-62-59-56-53-50-47-44-41-33-30-27-24-21-18-15-12-9-6-3)79-73(76)67-64-61-58-55-52-49-46-43-39-32-29-26-23-20-17-14-11-8-5-2/h8,11,17,20,26,29,39,43,49,52,58,61,70H,4-7,9-10,12-16,18-19,21-25,27-28,30-38,40-42,44-48,50-51,53-57,59-60,62-69H2,1-3H3/b11-8-,20-17-,29-26-,43-39-,52-49-,61-58-. The predicted molar refractivity (Wildman–Crippen MR) is 344 cm³/mol. The Kier molecular flexibility index (Phi) is 64.7. The number of hydrogen-bond donors (Lipinski definition) is 0. The summed E-state index contributed by atoms with van der Waals surface area (Å²) in [6.45, 7) is 6.53. The lowest BCUT2D eigenvalue weighted by atomic mass is 10.0. The second-order valence-electron chi connectivity index (χ2n) is 23.1. The van der Waals surface area contributed by atoms with Crippen LogP contribution in [-0.4, -0.2) is 37.2 Å². The molecule has 0 spiro atoms. The zero-order valence-corrected chi connectivity index (χ0v) is 52.6. The van der Waals surface area contributed by atoms with E-state index in [9.17, 15) is 14.4 Å². The molecular formula is C73H130O6. The van der Waals surface area contributed by atoms with E-state index in [-0.39, 0.29) is 37.5 Å². The van der Waals surface area contributed by atoms with Crippen molar-refractivity contribution in [2.24, 2.45) is 0 Å². The van der Waals surface area contributed by atoms with Crippen LogP contribution in [0.3, 0.4) is 0 Å². The van der Waals surface area contributed by atoms with Crippen LogP contribution >= 0.6 is 0 Å². The van der Waals surface area contributed by atoms with Gasteiger partial charge in [-0.3, -0.25) is 14.4 Å². The smallest absolute Gasteiger partial charge is 0.306 e. The maximum atomic E-state index is 12.9. The zero-order valence-electron chi connectivity index (χ0n) is 52.6. The SMILES string of the molecule is CC/C=C\C/C=C\C/C=C\C/C=C\C/C=C\C/C=C\CCC(=O)OC(COC(=O)CCCCCCCCCCCCCCCCCCCC)COC(=O)CCCCCCCCCCCCCCCCCCCCCCCCCC. The van der Waals surface area contributed by atoms with E-state index < -0.39 is 6.10 Å². The fourth-order valence-electron chi connectivity index (χ4n) is 10.1. The Morgan fingerprint density at radius 1 is 0.266 bits per heavy atom. The van der Waals surface area contributed by atoms with Gasteiger partial charge in [0.05, 0.1) is 0 Å². The summed E-state index contributed by atoms with van der Waals surface area (Å²) in [7, 11) is 0. The third-order valence-corrected chi connectivity index (χ3v) is 15.2. The van der Waals surface area contributed by atoms with Crippen molar-refractivity contribution in [3.8, 4) is 0 Å². The average molecular weight is 1100 g/mol. The van der Waals surface area contributed by atoms with Crippen molar-refractivity contribution in [3.05, 3.63) is 72.9 Å². The first-order valence-corrected chi connectivity index (χ1v) is 34.4. The summed E-state index contributed by atoms with van der Waals surface area (Å²) in [5, 5.41) is 0. The number of allylic oxidation sites excluding steroid dienone is 12. The van der Waals surface area contributed by atoms with Crippen molar-refractivity contribution in [3.63, 3.8) is 0 Å². The van der Waals surface area contributed by atoms with Gasteiger partial charge in [-0.1, -0.05) is 351 Å². The molecule has 1 atom stereocenters. The first-order valence-electron chi connectivity index (χ1n) is 34.4. The molecule has 0 aromatic rings. The van der Waals surface area contributed by atoms with Gasteiger partial charge in [0, 0.05) is 19.3 Å². The molecular weight excluding hydrogens is 973 g/mol. The summed E-state index contributed by atoms with van der Waals surface area (Å²) >= 11 is 0. The van der Waals surface area contributed by atoms with Gasteiger partial charge in [0.15, 0.2) is 6.10 Å². The molecule has 6 heteroatoms. The summed E-state index contributed by atoms with van der Waals surface area (Å²) in [6, 6.07) is 0. The number of carbonyl (C=O) groups excluding carboxylic acids is 3. The van der Waals surface area contributed by atoms with Crippen LogP contribution in [-0.2, 0) is 28.6 Å². The van der Waals surface area contributed by atoms with Crippen molar-refractivity contribution >= 4 is 17.9 Å². The van der Waals surface area contributed by atoms with Crippen LogP contribution in [0.5, 0.6) is 0 Å². The fourth-order valence-corrected chi connectivity index (χ4v) is 10.1. The number of carbonyl (C=O) groups is 3. The van der Waals surface area contributed by atoms with Crippen molar-refractivity contribution in [2.75, 3.05) is 13.2 Å². The highest BCUT2D eigenvalue weighted by Gasteiger charge is 2.19. The lowest BCUT2D eigenvalue weighted by Gasteiger charge is -2.18. The molecule has 0 aliphatic heterocycles. The van der Waals surface area contributed by atoms with Gasteiger partial charge in [-0.15, -0.1) is 0 Å². The maximum Gasteiger partial charge on any atom is 0.306 e. The van der Waals surface area contributed by atoms with E-state index in [1.54, 1.807) is 0 Å². The van der Waals surface area contributed by atoms with Crippen LogP contribution in [0.2, 0.25) is 0 Å². The third kappa shape index (κ3) is 65.5. The summed E-state index contributed by atoms with van der Waals surface area (Å²) in [6.07, 6.45) is 88.0. The summed E-state index contributed by atoms with van der Waals surface area (Å²) in [4.78, 5) is 38.4. The molecule has 0 bridgehead atoms. The maximum absolute atomic E-state index is 12.9. The van der Waals surface area contributed by atoms with Gasteiger partial charge in [-0.05, 0) is 57.8 Å². The minimum absolute atomic E-state index is 0.101. The Balaban J connectivity index is 4.38. The van der Waals surface area contributed by atoms with E-state index in [1.807, 2.05) is 6.08 Å². The molecule has 0 amide bonds. The molecule has 0 radical (unpaired) electrons. The number of unbranched alkanes of at least 4 members (excludes halogenated alkanes) is 40. The fraction of sp³-hybridized carbons (Fsp3) is 0.795. The average Bonchev–Trinajstić information content (AvgIpc) is 3.45. The molecule has 0 saturated carbocycles. The highest BCUT2D eigenvalue weighted by Crippen LogP contribution is 2.18. The van der Waals surface area contributed by atoms with Crippen LogP contribution in [0.1, 0.15) is 355 Å². The minimum Gasteiger partial charge on any atom is -0.462 e. The first kappa shape index (κ1) is 75.8. The van der Waals surface area contributed by atoms with E-state index in [2.05, 4.69) is 87.6 Å². The van der Waals surface area contributed by atoms with Crippen molar-refractivity contribution in [1.29, 1.82) is 0 Å². The van der Waals surface area contributed by atoms with Gasteiger partial charge in [0.25, 0.3) is 0 Å². The molecule has 6 nitrogen and oxygen atoms in total. The van der Waals surface area contributed by atoms with Gasteiger partial charge in [0.2, 0.25) is 0 Å². The van der Waals surface area contributed by atoms with E-state index in [4.69, 9.17) is 14.2 Å². The normalized spacial score (nSPS) is 12.5. The molecule has 0 N–H and O–H groups in total. The molecule has 0 rings (SSSR count). The van der Waals surface area contributed by atoms with Crippen LogP contribution in [0.15, 0.2) is 72.9 Å². The molecule has 0 saturated heterocycles. The van der Waals surface area contributed by atoms with Crippen LogP contribution < -0.4 is 0 Å². The zero-order chi connectivity index (χ0) is 57.1.